The van der Waals surface area contributed by atoms with Crippen LogP contribution in [0.2, 0.25) is 0 Å². The Morgan fingerprint density at radius 3 is 2.67 bits per heavy atom. The van der Waals surface area contributed by atoms with Crippen molar-refractivity contribution in [2.45, 2.75) is 25.6 Å². The van der Waals surface area contributed by atoms with Gasteiger partial charge in [-0.1, -0.05) is 0 Å². The van der Waals surface area contributed by atoms with E-state index in [1.54, 1.807) is 0 Å². The number of hydrogen-bond donors (Lipinski definition) is 4. The molecule has 0 saturated carbocycles. The van der Waals surface area contributed by atoms with E-state index in [9.17, 15) is 29.5 Å². The molecule has 0 aromatic heterocycles. The molecule has 1 amide bonds. The highest BCUT2D eigenvalue weighted by Crippen LogP contribution is 2.30. The Balaban J connectivity index is 2.89. The van der Waals surface area contributed by atoms with Crippen molar-refractivity contribution in [3.05, 3.63) is 33.6 Å². The maximum atomic E-state index is 13.5. The number of benzene rings is 1. The molecule has 1 aromatic carbocycles. The number of aliphatic hydroxyl groups excluding tert-OH is 2. The molecule has 1 rings (SSSR count). The zero-order valence-electron chi connectivity index (χ0n) is 11.2. The van der Waals surface area contributed by atoms with Crippen LogP contribution in [0.15, 0.2) is 12.1 Å². The maximum Gasteiger partial charge on any atom is 0.295 e. The molecule has 8 nitrogen and oxygen atoms in total. The summed E-state index contributed by atoms with van der Waals surface area (Å²) in [4.78, 5) is 20.5. The number of nitro benzene ring substituents is 1. The van der Waals surface area contributed by atoms with Crippen LogP contribution in [0.5, 0.6) is 0 Å². The van der Waals surface area contributed by atoms with Gasteiger partial charge in [-0.3, -0.25) is 14.9 Å². The molecule has 0 aliphatic rings. The maximum absolute atomic E-state index is 13.5. The van der Waals surface area contributed by atoms with E-state index in [2.05, 4.69) is 5.32 Å². The van der Waals surface area contributed by atoms with Crippen LogP contribution in [0.4, 0.5) is 15.8 Å². The minimum Gasteiger partial charge on any atom is -0.391 e. The average molecular weight is 301 g/mol. The Bertz CT molecular complexity index is 552. The van der Waals surface area contributed by atoms with E-state index in [0.717, 1.165) is 12.1 Å². The van der Waals surface area contributed by atoms with E-state index >= 15 is 0 Å². The van der Waals surface area contributed by atoms with Crippen molar-refractivity contribution >= 4 is 17.3 Å². The summed E-state index contributed by atoms with van der Waals surface area (Å²) in [7, 11) is 0. The molecule has 0 fully saturated rings. The highest BCUT2D eigenvalue weighted by atomic mass is 19.1. The number of rotatable bonds is 6. The van der Waals surface area contributed by atoms with Crippen LogP contribution >= 0.6 is 0 Å². The second-order valence-corrected chi connectivity index (χ2v) is 4.48. The van der Waals surface area contributed by atoms with Gasteiger partial charge < -0.3 is 21.3 Å². The van der Waals surface area contributed by atoms with E-state index in [1.165, 1.54) is 6.92 Å². The number of hydrogen-bond acceptors (Lipinski definition) is 6. The molecule has 0 spiro atoms. The number of nitrogen functional groups attached to an aromatic ring is 1. The van der Waals surface area contributed by atoms with Gasteiger partial charge in [-0.05, 0) is 18.1 Å². The lowest BCUT2D eigenvalue weighted by atomic mass is 10.0. The first-order valence-corrected chi connectivity index (χ1v) is 6.08. The molecular weight excluding hydrogens is 285 g/mol. The summed E-state index contributed by atoms with van der Waals surface area (Å²) in [5, 5.41) is 32.8. The van der Waals surface area contributed by atoms with Gasteiger partial charge in [-0.15, -0.1) is 0 Å². The number of nitrogens with one attached hydrogen (secondary N) is 1. The fraction of sp³-hybridized carbons (Fsp3) is 0.417. The number of aliphatic hydroxyl groups is 2. The summed E-state index contributed by atoms with van der Waals surface area (Å²) in [5.41, 5.74) is 3.75. The summed E-state index contributed by atoms with van der Waals surface area (Å²) < 4.78 is 13.5. The normalized spacial score (nSPS) is 13.5. The monoisotopic (exact) mass is 301 g/mol. The van der Waals surface area contributed by atoms with Gasteiger partial charge in [0, 0.05) is 19.5 Å². The number of carbonyl (C=O) groups excluding carboxylic acids is 1. The molecule has 0 radical (unpaired) electrons. The Morgan fingerprint density at radius 2 is 2.14 bits per heavy atom. The van der Waals surface area contributed by atoms with Gasteiger partial charge in [0.15, 0.2) is 5.82 Å². The summed E-state index contributed by atoms with van der Waals surface area (Å²) in [6.07, 6.45) is -2.85. The molecule has 0 bridgehead atoms. The van der Waals surface area contributed by atoms with Gasteiger partial charge in [0.1, 0.15) is 11.8 Å². The molecule has 0 heterocycles. The van der Waals surface area contributed by atoms with Crippen LogP contribution in [0.25, 0.3) is 0 Å². The second kappa shape index (κ2) is 6.95. The second-order valence-electron chi connectivity index (χ2n) is 4.48. The number of halogens is 1. The summed E-state index contributed by atoms with van der Waals surface area (Å²) in [5.74, 6) is -1.35. The quantitative estimate of drug-likeness (QED) is 0.337. The molecule has 0 aliphatic heterocycles. The average Bonchev–Trinajstić information content (AvgIpc) is 2.39. The van der Waals surface area contributed by atoms with E-state index in [4.69, 9.17) is 5.73 Å². The molecule has 1 aromatic rings. The van der Waals surface area contributed by atoms with Crippen LogP contribution in [0, 0.1) is 15.9 Å². The zero-order chi connectivity index (χ0) is 16.2. The predicted molar refractivity (Wildman–Crippen MR) is 71.7 cm³/mol. The molecule has 116 valence electrons. The number of amides is 1. The van der Waals surface area contributed by atoms with Gasteiger partial charge in [-0.25, -0.2) is 4.39 Å². The lowest BCUT2D eigenvalue weighted by Crippen LogP contribution is -2.27. The lowest BCUT2D eigenvalue weighted by Gasteiger charge is -2.18. The van der Waals surface area contributed by atoms with Crippen LogP contribution < -0.4 is 11.1 Å². The van der Waals surface area contributed by atoms with Crippen molar-refractivity contribution < 1.29 is 24.3 Å². The van der Waals surface area contributed by atoms with E-state index in [0.29, 0.717) is 0 Å². The lowest BCUT2D eigenvalue weighted by molar-refractivity contribution is -0.384. The van der Waals surface area contributed by atoms with Crippen LogP contribution in [-0.4, -0.2) is 33.7 Å². The molecule has 21 heavy (non-hydrogen) atoms. The Morgan fingerprint density at radius 1 is 1.52 bits per heavy atom. The van der Waals surface area contributed by atoms with Crippen molar-refractivity contribution in [2.75, 3.05) is 12.3 Å². The Hall–Kier alpha value is -2.26. The van der Waals surface area contributed by atoms with E-state index in [-0.39, 0.29) is 24.4 Å². The van der Waals surface area contributed by atoms with Crippen LogP contribution in [0.3, 0.4) is 0 Å². The van der Waals surface area contributed by atoms with Gasteiger partial charge in [-0.2, -0.15) is 0 Å². The standard InChI is InChI=1S/C12H16FN3O5/c1-6(17)15-3-2-10(18)12(19)7-4-8(13)11(14)9(5-7)16(20)21/h4-5,10,12,18-19H,2-3,14H2,1H3,(H,15,17). The molecule has 9 heteroatoms. The first kappa shape index (κ1) is 16.8. The van der Waals surface area contributed by atoms with Gasteiger partial charge >= 0.3 is 0 Å². The molecule has 2 atom stereocenters. The van der Waals surface area contributed by atoms with Crippen molar-refractivity contribution in [2.24, 2.45) is 0 Å². The number of nitro groups is 1. The van der Waals surface area contributed by atoms with E-state index in [1.807, 2.05) is 0 Å². The summed E-state index contributed by atoms with van der Waals surface area (Å²) in [6.45, 7) is 1.40. The predicted octanol–water partition coefficient (Wildman–Crippen LogP) is 0.237. The smallest absolute Gasteiger partial charge is 0.295 e. The Kier molecular flexibility index (Phi) is 5.56. The van der Waals surface area contributed by atoms with Gasteiger partial charge in [0.25, 0.3) is 5.69 Å². The molecule has 2 unspecified atom stereocenters. The van der Waals surface area contributed by atoms with Gasteiger partial charge in [0.05, 0.1) is 11.0 Å². The van der Waals surface area contributed by atoms with Crippen LogP contribution in [0.1, 0.15) is 25.0 Å². The van der Waals surface area contributed by atoms with Crippen molar-refractivity contribution in [3.8, 4) is 0 Å². The van der Waals surface area contributed by atoms with Crippen molar-refractivity contribution in [1.29, 1.82) is 0 Å². The molecule has 5 N–H and O–H groups in total. The third kappa shape index (κ3) is 4.36. The minimum absolute atomic E-state index is 0.000535. The molecule has 0 aliphatic carbocycles. The van der Waals surface area contributed by atoms with Gasteiger partial charge in [0.2, 0.25) is 5.91 Å². The van der Waals surface area contributed by atoms with Crippen molar-refractivity contribution in [1.82, 2.24) is 5.32 Å². The summed E-state index contributed by atoms with van der Waals surface area (Å²) in [6, 6.07) is 1.74. The first-order chi connectivity index (χ1) is 9.73. The third-order valence-electron chi connectivity index (χ3n) is 2.85. The highest BCUT2D eigenvalue weighted by Gasteiger charge is 2.24. The number of carbonyl (C=O) groups is 1. The number of nitrogens with zero attached hydrogens (tertiary/aromatic N) is 1. The molecule has 0 saturated heterocycles. The molecular formula is C12H16FN3O5. The van der Waals surface area contributed by atoms with E-state index < -0.39 is 34.3 Å². The van der Waals surface area contributed by atoms with Crippen LogP contribution in [-0.2, 0) is 4.79 Å². The SMILES string of the molecule is CC(=O)NCCC(O)C(O)c1cc(F)c(N)c([N+](=O)[O-])c1. The topological polar surface area (TPSA) is 139 Å². The fourth-order valence-electron chi connectivity index (χ4n) is 1.72. The van der Waals surface area contributed by atoms with Crippen molar-refractivity contribution in [3.63, 3.8) is 0 Å². The summed E-state index contributed by atoms with van der Waals surface area (Å²) >= 11 is 0. The highest BCUT2D eigenvalue weighted by molar-refractivity contribution is 5.72. The minimum atomic E-state index is -1.53. The fourth-order valence-corrected chi connectivity index (χ4v) is 1.72. The number of anilines is 1. The zero-order valence-corrected chi connectivity index (χ0v) is 11.2. The largest absolute Gasteiger partial charge is 0.391 e. The third-order valence-corrected chi connectivity index (χ3v) is 2.85. The Labute approximate surface area is 119 Å². The number of nitrogens with two attached hydrogens (primary N) is 1. The first-order valence-electron chi connectivity index (χ1n) is 6.08.